The second-order valence-electron chi connectivity index (χ2n) is 3.58. The van der Waals surface area contributed by atoms with Crippen molar-refractivity contribution in [3.63, 3.8) is 0 Å². The molecular formula is C11H11ClN4O2S. The number of anilines is 1. The van der Waals surface area contributed by atoms with Crippen LogP contribution < -0.4 is 11.1 Å². The van der Waals surface area contributed by atoms with Crippen LogP contribution in [0.5, 0.6) is 0 Å². The number of carbonyl (C=O) groups is 1. The van der Waals surface area contributed by atoms with Gasteiger partial charge in [-0.05, 0) is 18.2 Å². The van der Waals surface area contributed by atoms with Crippen molar-refractivity contribution < 1.29 is 9.21 Å². The van der Waals surface area contributed by atoms with E-state index >= 15 is 0 Å². The van der Waals surface area contributed by atoms with Gasteiger partial charge in [-0.2, -0.15) is 0 Å². The fourth-order valence-corrected chi connectivity index (χ4v) is 1.99. The van der Waals surface area contributed by atoms with Crippen molar-refractivity contribution in [2.45, 2.75) is 11.8 Å². The van der Waals surface area contributed by atoms with Crippen LogP contribution in [0.15, 0.2) is 33.9 Å². The van der Waals surface area contributed by atoms with Crippen LogP contribution in [0, 0.1) is 0 Å². The SMILES string of the molecule is NC(=O)CSc1nnc(CNc2cccc(Cl)c2)o1. The van der Waals surface area contributed by atoms with Crippen LogP contribution in [-0.4, -0.2) is 21.9 Å². The Morgan fingerprint density at radius 1 is 1.47 bits per heavy atom. The van der Waals surface area contributed by atoms with E-state index in [0.717, 1.165) is 17.4 Å². The van der Waals surface area contributed by atoms with E-state index in [4.69, 9.17) is 21.8 Å². The lowest BCUT2D eigenvalue weighted by Crippen LogP contribution is -2.12. The number of rotatable bonds is 6. The van der Waals surface area contributed by atoms with E-state index in [1.807, 2.05) is 12.1 Å². The van der Waals surface area contributed by atoms with Gasteiger partial charge in [-0.3, -0.25) is 4.79 Å². The first-order valence-corrected chi connectivity index (χ1v) is 6.73. The molecule has 0 saturated carbocycles. The summed E-state index contributed by atoms with van der Waals surface area (Å²) in [6.07, 6.45) is 0. The summed E-state index contributed by atoms with van der Waals surface area (Å²) in [5.74, 6) is 0.109. The van der Waals surface area contributed by atoms with Gasteiger partial charge in [0.1, 0.15) is 0 Å². The molecule has 1 aromatic carbocycles. The molecule has 8 heteroatoms. The summed E-state index contributed by atoms with van der Waals surface area (Å²) >= 11 is 6.97. The van der Waals surface area contributed by atoms with Gasteiger partial charge in [0.25, 0.3) is 5.22 Å². The average Bonchev–Trinajstić information content (AvgIpc) is 2.82. The Morgan fingerprint density at radius 3 is 3.05 bits per heavy atom. The highest BCUT2D eigenvalue weighted by Crippen LogP contribution is 2.18. The van der Waals surface area contributed by atoms with Gasteiger partial charge >= 0.3 is 0 Å². The van der Waals surface area contributed by atoms with Crippen molar-refractivity contribution in [3.05, 3.63) is 35.2 Å². The molecule has 0 aliphatic rings. The van der Waals surface area contributed by atoms with Crippen molar-refractivity contribution in [2.75, 3.05) is 11.1 Å². The van der Waals surface area contributed by atoms with Crippen LogP contribution in [0.2, 0.25) is 5.02 Å². The molecule has 1 aromatic heterocycles. The third-order valence-corrected chi connectivity index (χ3v) is 3.13. The van der Waals surface area contributed by atoms with E-state index in [2.05, 4.69) is 15.5 Å². The number of amides is 1. The number of thioether (sulfide) groups is 1. The molecule has 100 valence electrons. The number of nitrogens with one attached hydrogen (secondary N) is 1. The van der Waals surface area contributed by atoms with Crippen LogP contribution >= 0.6 is 23.4 Å². The lowest BCUT2D eigenvalue weighted by atomic mass is 10.3. The van der Waals surface area contributed by atoms with E-state index in [-0.39, 0.29) is 5.75 Å². The monoisotopic (exact) mass is 298 g/mol. The third-order valence-electron chi connectivity index (χ3n) is 2.05. The number of hydrogen-bond acceptors (Lipinski definition) is 6. The Hall–Kier alpha value is -1.73. The van der Waals surface area contributed by atoms with E-state index in [9.17, 15) is 4.79 Å². The van der Waals surface area contributed by atoms with Crippen molar-refractivity contribution in [1.82, 2.24) is 10.2 Å². The van der Waals surface area contributed by atoms with Crippen LogP contribution in [-0.2, 0) is 11.3 Å². The summed E-state index contributed by atoms with van der Waals surface area (Å²) in [6.45, 7) is 0.379. The summed E-state index contributed by atoms with van der Waals surface area (Å²) in [5.41, 5.74) is 5.88. The zero-order chi connectivity index (χ0) is 13.7. The van der Waals surface area contributed by atoms with E-state index in [1.54, 1.807) is 12.1 Å². The zero-order valence-electron chi connectivity index (χ0n) is 9.80. The predicted octanol–water partition coefficient (Wildman–Crippen LogP) is 1.91. The Kier molecular flexibility index (Phi) is 4.64. The molecule has 1 amide bonds. The lowest BCUT2D eigenvalue weighted by molar-refractivity contribution is -0.115. The minimum Gasteiger partial charge on any atom is -0.414 e. The largest absolute Gasteiger partial charge is 0.414 e. The molecule has 0 spiro atoms. The number of aromatic nitrogens is 2. The molecule has 0 aliphatic carbocycles. The molecule has 2 aromatic rings. The summed E-state index contributed by atoms with van der Waals surface area (Å²) < 4.78 is 5.32. The van der Waals surface area contributed by atoms with Crippen molar-refractivity contribution in [1.29, 1.82) is 0 Å². The van der Waals surface area contributed by atoms with E-state index in [1.165, 1.54) is 0 Å². The molecule has 6 nitrogen and oxygen atoms in total. The average molecular weight is 299 g/mol. The molecule has 1 heterocycles. The molecular weight excluding hydrogens is 288 g/mol. The number of nitrogens with zero attached hydrogens (tertiary/aromatic N) is 2. The first-order chi connectivity index (χ1) is 9.13. The second-order valence-corrected chi connectivity index (χ2v) is 4.94. The Bertz CT molecular complexity index is 575. The number of nitrogens with two attached hydrogens (primary N) is 1. The first-order valence-electron chi connectivity index (χ1n) is 5.36. The molecule has 0 atom stereocenters. The standard InChI is InChI=1S/C11H11ClN4O2S/c12-7-2-1-3-8(4-7)14-5-10-15-16-11(18-10)19-6-9(13)17/h1-4,14H,5-6H2,(H2,13,17). The first kappa shape index (κ1) is 13.7. The molecule has 19 heavy (non-hydrogen) atoms. The lowest BCUT2D eigenvalue weighted by Gasteiger charge is -2.02. The van der Waals surface area contributed by atoms with Gasteiger partial charge in [-0.1, -0.05) is 29.4 Å². The van der Waals surface area contributed by atoms with Crippen LogP contribution in [0.25, 0.3) is 0 Å². The van der Waals surface area contributed by atoms with Gasteiger partial charge in [-0.15, -0.1) is 10.2 Å². The number of benzene rings is 1. The summed E-state index contributed by atoms with van der Waals surface area (Å²) in [4.78, 5) is 10.6. The summed E-state index contributed by atoms with van der Waals surface area (Å²) in [7, 11) is 0. The molecule has 0 bridgehead atoms. The Morgan fingerprint density at radius 2 is 2.32 bits per heavy atom. The maximum atomic E-state index is 10.6. The highest BCUT2D eigenvalue weighted by Gasteiger charge is 2.07. The quantitative estimate of drug-likeness (QED) is 0.791. The minimum absolute atomic E-state index is 0.114. The van der Waals surface area contributed by atoms with Gasteiger partial charge in [0.2, 0.25) is 11.8 Å². The van der Waals surface area contributed by atoms with Crippen LogP contribution in [0.1, 0.15) is 5.89 Å². The molecule has 0 saturated heterocycles. The normalized spacial score (nSPS) is 10.4. The molecule has 3 N–H and O–H groups in total. The molecule has 0 fully saturated rings. The van der Waals surface area contributed by atoms with Crippen LogP contribution in [0.3, 0.4) is 0 Å². The topological polar surface area (TPSA) is 94.0 Å². The van der Waals surface area contributed by atoms with Crippen molar-refractivity contribution in [3.8, 4) is 0 Å². The van der Waals surface area contributed by atoms with Gasteiger partial charge in [-0.25, -0.2) is 0 Å². The smallest absolute Gasteiger partial charge is 0.277 e. The van der Waals surface area contributed by atoms with Crippen molar-refractivity contribution >= 4 is 35.0 Å². The Labute approximate surface area is 118 Å². The molecule has 0 unspecified atom stereocenters. The molecule has 0 aliphatic heterocycles. The van der Waals surface area contributed by atoms with Crippen LogP contribution in [0.4, 0.5) is 5.69 Å². The van der Waals surface area contributed by atoms with E-state index < -0.39 is 5.91 Å². The van der Waals surface area contributed by atoms with Gasteiger partial charge in [0, 0.05) is 10.7 Å². The van der Waals surface area contributed by atoms with Crippen molar-refractivity contribution in [2.24, 2.45) is 5.73 Å². The van der Waals surface area contributed by atoms with Gasteiger partial charge < -0.3 is 15.5 Å². The highest BCUT2D eigenvalue weighted by atomic mass is 35.5. The summed E-state index contributed by atoms with van der Waals surface area (Å²) in [5, 5.41) is 11.7. The maximum Gasteiger partial charge on any atom is 0.277 e. The number of hydrogen-bond donors (Lipinski definition) is 2. The van der Waals surface area contributed by atoms with E-state index in [0.29, 0.717) is 22.7 Å². The van der Waals surface area contributed by atoms with Gasteiger partial charge in [0.15, 0.2) is 0 Å². The van der Waals surface area contributed by atoms with Gasteiger partial charge in [0.05, 0.1) is 12.3 Å². The fraction of sp³-hybridized carbons (Fsp3) is 0.182. The third kappa shape index (κ3) is 4.46. The Balaban J connectivity index is 1.88. The molecule has 2 rings (SSSR count). The number of primary amides is 1. The highest BCUT2D eigenvalue weighted by molar-refractivity contribution is 7.99. The maximum absolute atomic E-state index is 10.6. The number of halogens is 1. The fourth-order valence-electron chi connectivity index (χ4n) is 1.28. The minimum atomic E-state index is -0.429. The predicted molar refractivity (Wildman–Crippen MR) is 73.0 cm³/mol. The number of carbonyl (C=O) groups excluding carboxylic acids is 1. The summed E-state index contributed by atoms with van der Waals surface area (Å²) in [6, 6.07) is 7.30. The second kappa shape index (κ2) is 6.44. The zero-order valence-corrected chi connectivity index (χ0v) is 11.4. The molecule has 0 radical (unpaired) electrons.